The zero-order valence-electron chi connectivity index (χ0n) is 14.9. The van der Waals surface area contributed by atoms with Crippen molar-refractivity contribution in [2.75, 3.05) is 26.5 Å². The van der Waals surface area contributed by atoms with Gasteiger partial charge in [-0.05, 0) is 30.7 Å². The topological polar surface area (TPSA) is 70.7 Å². The minimum atomic E-state index is -0.367. The van der Waals surface area contributed by atoms with Crippen LogP contribution in [-0.4, -0.2) is 38.0 Å². The lowest BCUT2D eigenvalue weighted by molar-refractivity contribution is 0.0827. The predicted molar refractivity (Wildman–Crippen MR) is 98.0 cm³/mol. The zero-order valence-corrected chi connectivity index (χ0v) is 14.9. The van der Waals surface area contributed by atoms with Crippen LogP contribution in [0.1, 0.15) is 21.5 Å². The second-order valence-corrected chi connectivity index (χ2v) is 5.91. The minimum absolute atomic E-state index is 0.147. The third kappa shape index (κ3) is 4.97. The summed E-state index contributed by atoms with van der Waals surface area (Å²) in [6.45, 7) is 2.42. The Bertz CT molecular complexity index is 755. The number of carbonyl (C=O) groups excluding carboxylic acids is 2. The molecule has 0 fully saturated rings. The lowest BCUT2D eigenvalue weighted by atomic mass is 10.1. The van der Waals surface area contributed by atoms with Gasteiger partial charge < -0.3 is 20.3 Å². The van der Waals surface area contributed by atoms with Gasteiger partial charge in [-0.25, -0.2) is 4.79 Å². The maximum Gasteiger partial charge on any atom is 0.319 e. The number of carbonyl (C=O) groups is 2. The first-order valence-electron chi connectivity index (χ1n) is 7.91. The Labute approximate surface area is 147 Å². The van der Waals surface area contributed by atoms with Crippen LogP contribution < -0.4 is 15.4 Å². The van der Waals surface area contributed by atoms with E-state index in [0.29, 0.717) is 23.5 Å². The molecule has 3 amide bonds. The van der Waals surface area contributed by atoms with E-state index < -0.39 is 0 Å². The van der Waals surface area contributed by atoms with Gasteiger partial charge in [-0.1, -0.05) is 29.8 Å². The van der Waals surface area contributed by atoms with Crippen molar-refractivity contribution in [3.63, 3.8) is 0 Å². The molecule has 0 bridgehead atoms. The smallest absolute Gasteiger partial charge is 0.319 e. The fraction of sp³-hybridized carbons (Fsp3) is 0.263. The summed E-state index contributed by atoms with van der Waals surface area (Å²) in [5, 5.41) is 5.52. The normalized spacial score (nSPS) is 10.1. The number of hydrogen-bond donors (Lipinski definition) is 2. The standard InChI is InChI=1S/C19H23N3O3/c1-13-5-7-14(8-6-13)12-20-19(24)21-16-11-15(18(23)22(2)3)9-10-17(16)25-4/h5-11H,12H2,1-4H3,(H2,20,21,24). The average molecular weight is 341 g/mol. The molecule has 0 saturated heterocycles. The molecule has 0 saturated carbocycles. The molecular weight excluding hydrogens is 318 g/mol. The van der Waals surface area contributed by atoms with Gasteiger partial charge in [0.2, 0.25) is 0 Å². The van der Waals surface area contributed by atoms with Crippen molar-refractivity contribution in [1.82, 2.24) is 10.2 Å². The van der Waals surface area contributed by atoms with Gasteiger partial charge in [0, 0.05) is 26.2 Å². The summed E-state index contributed by atoms with van der Waals surface area (Å²) in [6.07, 6.45) is 0. The fourth-order valence-electron chi connectivity index (χ4n) is 2.25. The summed E-state index contributed by atoms with van der Waals surface area (Å²) in [4.78, 5) is 25.7. The Morgan fingerprint density at radius 2 is 1.76 bits per heavy atom. The van der Waals surface area contributed by atoms with Crippen LogP contribution in [0.5, 0.6) is 5.75 Å². The molecule has 6 nitrogen and oxygen atoms in total. The maximum atomic E-state index is 12.2. The van der Waals surface area contributed by atoms with Crippen LogP contribution >= 0.6 is 0 Å². The van der Waals surface area contributed by atoms with Crippen LogP contribution in [0.15, 0.2) is 42.5 Å². The Morgan fingerprint density at radius 1 is 1.08 bits per heavy atom. The first kappa shape index (κ1) is 18.3. The molecule has 0 aliphatic carbocycles. The van der Waals surface area contributed by atoms with Crippen molar-refractivity contribution in [1.29, 1.82) is 0 Å². The highest BCUT2D eigenvalue weighted by Gasteiger charge is 2.13. The van der Waals surface area contributed by atoms with Gasteiger partial charge in [-0.2, -0.15) is 0 Å². The van der Waals surface area contributed by atoms with Crippen molar-refractivity contribution >= 4 is 17.6 Å². The van der Waals surface area contributed by atoms with Crippen LogP contribution in [0.2, 0.25) is 0 Å². The van der Waals surface area contributed by atoms with Crippen molar-refractivity contribution in [3.8, 4) is 5.75 Å². The van der Waals surface area contributed by atoms with E-state index >= 15 is 0 Å². The molecule has 0 aliphatic heterocycles. The van der Waals surface area contributed by atoms with E-state index in [1.807, 2.05) is 31.2 Å². The molecule has 2 aromatic rings. The lowest BCUT2D eigenvalue weighted by Crippen LogP contribution is -2.28. The van der Waals surface area contributed by atoms with E-state index in [4.69, 9.17) is 4.74 Å². The quantitative estimate of drug-likeness (QED) is 0.878. The molecule has 6 heteroatoms. The van der Waals surface area contributed by atoms with E-state index in [1.165, 1.54) is 17.6 Å². The Balaban J connectivity index is 2.06. The molecule has 0 radical (unpaired) electrons. The highest BCUT2D eigenvalue weighted by Crippen LogP contribution is 2.25. The molecule has 2 aromatic carbocycles. The number of benzene rings is 2. The van der Waals surface area contributed by atoms with Crippen LogP contribution in [0.4, 0.5) is 10.5 Å². The highest BCUT2D eigenvalue weighted by atomic mass is 16.5. The lowest BCUT2D eigenvalue weighted by Gasteiger charge is -2.15. The summed E-state index contributed by atoms with van der Waals surface area (Å²) >= 11 is 0. The van der Waals surface area contributed by atoms with E-state index in [0.717, 1.165) is 5.56 Å². The number of anilines is 1. The molecule has 2 N–H and O–H groups in total. The molecule has 0 atom stereocenters. The molecule has 25 heavy (non-hydrogen) atoms. The number of nitrogens with zero attached hydrogens (tertiary/aromatic N) is 1. The van der Waals surface area contributed by atoms with Crippen molar-refractivity contribution in [2.45, 2.75) is 13.5 Å². The number of nitrogens with one attached hydrogen (secondary N) is 2. The Hall–Kier alpha value is -3.02. The molecule has 0 aliphatic rings. The maximum absolute atomic E-state index is 12.2. The molecule has 0 heterocycles. The first-order chi connectivity index (χ1) is 11.9. The van der Waals surface area contributed by atoms with Crippen LogP contribution in [0, 0.1) is 6.92 Å². The average Bonchev–Trinajstić information content (AvgIpc) is 2.60. The van der Waals surface area contributed by atoms with Gasteiger partial charge in [0.15, 0.2) is 0 Å². The van der Waals surface area contributed by atoms with Crippen LogP contribution in [0.3, 0.4) is 0 Å². The third-order valence-electron chi connectivity index (χ3n) is 3.67. The van der Waals surface area contributed by atoms with Gasteiger partial charge in [-0.3, -0.25) is 4.79 Å². The van der Waals surface area contributed by atoms with E-state index in [-0.39, 0.29) is 11.9 Å². The summed E-state index contributed by atoms with van der Waals surface area (Å²) in [6, 6.07) is 12.5. The van der Waals surface area contributed by atoms with Gasteiger partial charge in [-0.15, -0.1) is 0 Å². The monoisotopic (exact) mass is 341 g/mol. The highest BCUT2D eigenvalue weighted by molar-refractivity contribution is 5.97. The van der Waals surface area contributed by atoms with Gasteiger partial charge in [0.1, 0.15) is 5.75 Å². The summed E-state index contributed by atoms with van der Waals surface area (Å²) < 4.78 is 5.25. The van der Waals surface area contributed by atoms with Crippen molar-refractivity contribution < 1.29 is 14.3 Å². The molecule has 0 unspecified atom stereocenters. The number of hydrogen-bond acceptors (Lipinski definition) is 3. The number of amides is 3. The second-order valence-electron chi connectivity index (χ2n) is 5.91. The van der Waals surface area contributed by atoms with E-state index in [2.05, 4.69) is 10.6 Å². The first-order valence-corrected chi connectivity index (χ1v) is 7.91. The van der Waals surface area contributed by atoms with Crippen LogP contribution in [-0.2, 0) is 6.54 Å². The van der Waals surface area contributed by atoms with Gasteiger partial charge in [0.25, 0.3) is 5.91 Å². The summed E-state index contributed by atoms with van der Waals surface area (Å²) in [5.41, 5.74) is 3.08. The predicted octanol–water partition coefficient (Wildman–Crippen LogP) is 3.03. The number of methoxy groups -OCH3 is 1. The number of rotatable bonds is 5. The molecular formula is C19H23N3O3. The second kappa shape index (κ2) is 8.19. The third-order valence-corrected chi connectivity index (χ3v) is 3.67. The zero-order chi connectivity index (χ0) is 18.4. The molecule has 132 valence electrons. The minimum Gasteiger partial charge on any atom is -0.495 e. The molecule has 0 aromatic heterocycles. The Kier molecular flexibility index (Phi) is 6.00. The van der Waals surface area contributed by atoms with Crippen molar-refractivity contribution in [3.05, 3.63) is 59.2 Å². The van der Waals surface area contributed by atoms with Crippen molar-refractivity contribution in [2.24, 2.45) is 0 Å². The van der Waals surface area contributed by atoms with Crippen LogP contribution in [0.25, 0.3) is 0 Å². The summed E-state index contributed by atoms with van der Waals surface area (Å²) in [5.74, 6) is 0.339. The Morgan fingerprint density at radius 3 is 2.36 bits per heavy atom. The fourth-order valence-corrected chi connectivity index (χ4v) is 2.25. The van der Waals surface area contributed by atoms with Gasteiger partial charge >= 0.3 is 6.03 Å². The largest absolute Gasteiger partial charge is 0.495 e. The SMILES string of the molecule is COc1ccc(C(=O)N(C)C)cc1NC(=O)NCc1ccc(C)cc1. The molecule has 2 rings (SSSR count). The molecule has 0 spiro atoms. The number of urea groups is 1. The van der Waals surface area contributed by atoms with E-state index in [1.54, 1.807) is 32.3 Å². The van der Waals surface area contributed by atoms with E-state index in [9.17, 15) is 9.59 Å². The summed E-state index contributed by atoms with van der Waals surface area (Å²) in [7, 11) is 4.86. The van der Waals surface area contributed by atoms with Gasteiger partial charge in [0.05, 0.1) is 12.8 Å². The number of ether oxygens (including phenoxy) is 1. The number of aryl methyl sites for hydroxylation is 1.